The van der Waals surface area contributed by atoms with Crippen molar-refractivity contribution in [2.75, 3.05) is 11.1 Å². The normalized spacial score (nSPS) is 11.1. The van der Waals surface area contributed by atoms with E-state index in [0.29, 0.717) is 17.1 Å². The number of nitrogens with two attached hydrogens (primary N) is 1. The number of nitrogens with one attached hydrogen (secondary N) is 1. The Kier molecular flexibility index (Phi) is 4.98. The fourth-order valence-corrected chi connectivity index (χ4v) is 3.41. The molecule has 0 saturated carbocycles. The molecule has 3 N–H and O–H groups in total. The van der Waals surface area contributed by atoms with Crippen LogP contribution in [0.1, 0.15) is 11.3 Å². The number of aryl methyl sites for hydroxylation is 1. The molecule has 4 rings (SSSR count). The summed E-state index contributed by atoms with van der Waals surface area (Å²) in [6.07, 6.45) is 0. The number of imidazole rings is 1. The standard InChI is InChI=1S/C19H14BrF3N6O/c1-8-7-12(27-18(24)25-8)30-11-5-3-10(4-6-11)26-19-28-16-13(20)14(21)9(2)15(22)17(16)29(19)23/h3-7H,1-2H3,(H,26,28)(H2,24,25,27). The average molecular weight is 479 g/mol. The molecule has 4 aromatic rings. The minimum Gasteiger partial charge on any atom is -0.439 e. The first-order valence-electron chi connectivity index (χ1n) is 8.62. The summed E-state index contributed by atoms with van der Waals surface area (Å²) >= 11 is 3.00. The second-order valence-electron chi connectivity index (χ2n) is 6.44. The van der Waals surface area contributed by atoms with Crippen molar-refractivity contribution in [2.45, 2.75) is 13.8 Å². The third-order valence-corrected chi connectivity index (χ3v) is 5.00. The van der Waals surface area contributed by atoms with Crippen LogP contribution in [-0.2, 0) is 0 Å². The van der Waals surface area contributed by atoms with E-state index in [1.165, 1.54) is 6.92 Å². The van der Waals surface area contributed by atoms with Crippen LogP contribution in [0.2, 0.25) is 0 Å². The molecule has 0 atom stereocenters. The molecule has 0 unspecified atom stereocenters. The van der Waals surface area contributed by atoms with Gasteiger partial charge in [0.25, 0.3) is 0 Å². The summed E-state index contributed by atoms with van der Waals surface area (Å²) < 4.78 is 48.6. The van der Waals surface area contributed by atoms with Gasteiger partial charge in [-0.3, -0.25) is 0 Å². The average Bonchev–Trinajstić information content (AvgIpc) is 3.02. The zero-order valence-electron chi connectivity index (χ0n) is 15.7. The fraction of sp³-hybridized carbons (Fsp3) is 0.105. The fourth-order valence-electron chi connectivity index (χ4n) is 2.83. The van der Waals surface area contributed by atoms with Crippen molar-refractivity contribution < 1.29 is 18.0 Å². The SMILES string of the molecule is Cc1cc(Oc2ccc(Nc3nc4c(Br)c(F)c(C)c(F)c4n3F)cc2)nc(N)n1. The lowest BCUT2D eigenvalue weighted by molar-refractivity contribution is 0.386. The van der Waals surface area contributed by atoms with E-state index in [4.69, 9.17) is 10.5 Å². The monoisotopic (exact) mass is 478 g/mol. The van der Waals surface area contributed by atoms with Crippen molar-refractivity contribution in [2.24, 2.45) is 0 Å². The maximum atomic E-state index is 14.7. The smallest absolute Gasteiger partial charge is 0.237 e. The predicted molar refractivity (Wildman–Crippen MR) is 110 cm³/mol. The van der Waals surface area contributed by atoms with Gasteiger partial charge in [-0.05, 0) is 54.0 Å². The van der Waals surface area contributed by atoms with Gasteiger partial charge in [0.1, 0.15) is 22.6 Å². The molecule has 30 heavy (non-hydrogen) atoms. The molecular weight excluding hydrogens is 465 g/mol. The molecule has 2 aromatic carbocycles. The maximum absolute atomic E-state index is 14.7. The van der Waals surface area contributed by atoms with Crippen LogP contribution in [0.3, 0.4) is 0 Å². The van der Waals surface area contributed by atoms with Crippen LogP contribution >= 0.6 is 15.9 Å². The van der Waals surface area contributed by atoms with Crippen molar-refractivity contribution >= 4 is 44.5 Å². The Morgan fingerprint density at radius 3 is 2.43 bits per heavy atom. The highest BCUT2D eigenvalue weighted by Crippen LogP contribution is 2.34. The van der Waals surface area contributed by atoms with E-state index in [1.54, 1.807) is 37.3 Å². The van der Waals surface area contributed by atoms with Crippen molar-refractivity contribution in [3.05, 3.63) is 57.7 Å². The molecule has 0 aliphatic carbocycles. The summed E-state index contributed by atoms with van der Waals surface area (Å²) in [5, 5.41) is 2.73. The lowest BCUT2D eigenvalue weighted by Crippen LogP contribution is -1.99. The molecule has 0 aliphatic heterocycles. The predicted octanol–water partition coefficient (Wildman–Crippen LogP) is 5.33. The Morgan fingerprint density at radius 1 is 1.07 bits per heavy atom. The van der Waals surface area contributed by atoms with Gasteiger partial charge in [0, 0.05) is 23.0 Å². The van der Waals surface area contributed by atoms with Gasteiger partial charge in [0.15, 0.2) is 5.82 Å². The highest BCUT2D eigenvalue weighted by molar-refractivity contribution is 9.10. The van der Waals surface area contributed by atoms with E-state index < -0.39 is 17.2 Å². The number of ether oxygens (including phenoxy) is 1. The third kappa shape index (κ3) is 3.52. The first-order valence-corrected chi connectivity index (χ1v) is 9.41. The van der Waals surface area contributed by atoms with E-state index in [2.05, 4.69) is 36.2 Å². The Labute approximate surface area is 176 Å². The van der Waals surface area contributed by atoms with Crippen molar-refractivity contribution in [1.82, 2.24) is 19.7 Å². The number of benzene rings is 2. The number of nitrogen functional groups attached to an aromatic ring is 1. The van der Waals surface area contributed by atoms with Gasteiger partial charge in [0.05, 0.1) is 4.47 Å². The van der Waals surface area contributed by atoms with Crippen LogP contribution in [0.4, 0.5) is 30.8 Å². The minimum atomic E-state index is -1.02. The molecular formula is C19H14BrF3N6O. The second-order valence-corrected chi connectivity index (χ2v) is 7.23. The quantitative estimate of drug-likeness (QED) is 0.385. The Bertz CT molecular complexity index is 1260. The van der Waals surface area contributed by atoms with E-state index in [9.17, 15) is 13.3 Å². The van der Waals surface area contributed by atoms with Gasteiger partial charge >= 0.3 is 0 Å². The van der Waals surface area contributed by atoms with Gasteiger partial charge in [-0.25, -0.2) is 18.7 Å². The van der Waals surface area contributed by atoms with Gasteiger partial charge in [0.2, 0.25) is 17.8 Å². The van der Waals surface area contributed by atoms with E-state index in [0.717, 1.165) is 0 Å². The van der Waals surface area contributed by atoms with Crippen LogP contribution in [0.5, 0.6) is 11.6 Å². The first kappa shape index (κ1) is 20.0. The molecule has 2 aromatic heterocycles. The zero-order valence-corrected chi connectivity index (χ0v) is 17.3. The zero-order chi connectivity index (χ0) is 21.6. The number of anilines is 3. The van der Waals surface area contributed by atoms with E-state index >= 15 is 0 Å². The molecule has 7 nitrogen and oxygen atoms in total. The number of rotatable bonds is 4. The summed E-state index contributed by atoms with van der Waals surface area (Å²) in [7, 11) is 0. The number of fused-ring (bicyclic) bond motifs is 1. The summed E-state index contributed by atoms with van der Waals surface area (Å²) in [6.45, 7) is 2.98. The molecule has 0 fully saturated rings. The molecule has 0 amide bonds. The third-order valence-electron chi connectivity index (χ3n) is 4.27. The number of aromatic nitrogens is 4. The summed E-state index contributed by atoms with van der Waals surface area (Å²) in [5.41, 5.74) is 5.77. The molecule has 11 heteroatoms. The summed E-state index contributed by atoms with van der Waals surface area (Å²) in [5.74, 6) is -1.32. The maximum Gasteiger partial charge on any atom is 0.237 e. The van der Waals surface area contributed by atoms with Gasteiger partial charge in [-0.15, -0.1) is 4.79 Å². The van der Waals surface area contributed by atoms with Gasteiger partial charge < -0.3 is 15.8 Å². The van der Waals surface area contributed by atoms with Crippen molar-refractivity contribution in [3.8, 4) is 11.6 Å². The van der Waals surface area contributed by atoms with Gasteiger partial charge in [-0.1, -0.05) is 4.48 Å². The van der Waals surface area contributed by atoms with Crippen LogP contribution in [0.25, 0.3) is 11.0 Å². The molecule has 0 radical (unpaired) electrons. The summed E-state index contributed by atoms with van der Waals surface area (Å²) in [4.78, 5) is 12.0. The van der Waals surface area contributed by atoms with Crippen LogP contribution in [0.15, 0.2) is 34.8 Å². The van der Waals surface area contributed by atoms with Crippen molar-refractivity contribution in [3.63, 3.8) is 0 Å². The highest BCUT2D eigenvalue weighted by Gasteiger charge is 2.23. The van der Waals surface area contributed by atoms with E-state index in [-0.39, 0.29) is 38.1 Å². The molecule has 0 saturated heterocycles. The topological polar surface area (TPSA) is 90.9 Å². The van der Waals surface area contributed by atoms with Crippen LogP contribution in [-0.4, -0.2) is 19.7 Å². The van der Waals surface area contributed by atoms with Gasteiger partial charge in [-0.2, -0.15) is 4.98 Å². The number of halogens is 4. The molecule has 0 aliphatic rings. The van der Waals surface area contributed by atoms with Crippen molar-refractivity contribution in [1.29, 1.82) is 0 Å². The molecule has 154 valence electrons. The second kappa shape index (κ2) is 7.48. The minimum absolute atomic E-state index is 0.0404. The number of hydrogen-bond donors (Lipinski definition) is 2. The molecule has 0 spiro atoms. The number of hydrogen-bond acceptors (Lipinski definition) is 6. The largest absolute Gasteiger partial charge is 0.439 e. The van der Waals surface area contributed by atoms with Crippen LogP contribution < -0.4 is 15.8 Å². The Balaban J connectivity index is 1.60. The highest BCUT2D eigenvalue weighted by atomic mass is 79.9. The first-order chi connectivity index (χ1) is 14.2. The van der Waals surface area contributed by atoms with E-state index in [1.807, 2.05) is 0 Å². The summed E-state index contributed by atoms with van der Waals surface area (Å²) in [6, 6.07) is 8.05. The van der Waals surface area contributed by atoms with Crippen LogP contribution in [0, 0.1) is 25.5 Å². The molecule has 0 bridgehead atoms. The lowest BCUT2D eigenvalue weighted by Gasteiger charge is -2.08. The Hall–Kier alpha value is -3.34. The number of nitrogens with zero attached hydrogens (tertiary/aromatic N) is 4. The Morgan fingerprint density at radius 2 is 1.77 bits per heavy atom. The molecule has 2 heterocycles. The lowest BCUT2D eigenvalue weighted by atomic mass is 10.2.